The summed E-state index contributed by atoms with van der Waals surface area (Å²) in [6.45, 7) is 4.49. The fraction of sp³-hybridized carbons (Fsp3) is 0.471. The Labute approximate surface area is 142 Å². The molecule has 2 aromatic heterocycles. The molecule has 24 heavy (non-hydrogen) atoms. The minimum Gasteiger partial charge on any atom is -0.493 e. The van der Waals surface area contributed by atoms with Gasteiger partial charge in [-0.15, -0.1) is 0 Å². The van der Waals surface area contributed by atoms with E-state index in [1.165, 1.54) is 6.33 Å². The Balaban J connectivity index is 2.13. The van der Waals surface area contributed by atoms with Crippen LogP contribution in [0, 0.1) is 0 Å². The standard InChI is InChI=1S/C17H24N4O3/c1-5-6-12(2)21-17-15(9-18-11-20-17)24-10-13-16(23-4)14(22-3)7-8-19-13/h7-9,11-12H,5-6,10H2,1-4H3,(H,18,20,21)/t12-/m1/s1. The SMILES string of the molecule is CCC[C@@H](C)Nc1ncncc1OCc1nccc(OC)c1OC. The molecule has 0 aliphatic heterocycles. The first kappa shape index (κ1) is 17.8. The topological polar surface area (TPSA) is 78.4 Å². The number of nitrogens with zero attached hydrogens (tertiary/aromatic N) is 3. The molecule has 7 heteroatoms. The van der Waals surface area contributed by atoms with Gasteiger partial charge in [-0.3, -0.25) is 4.98 Å². The number of methoxy groups -OCH3 is 2. The van der Waals surface area contributed by atoms with Crippen LogP contribution in [0.1, 0.15) is 32.4 Å². The average molecular weight is 332 g/mol. The summed E-state index contributed by atoms with van der Waals surface area (Å²) in [7, 11) is 3.17. The first-order valence-corrected chi connectivity index (χ1v) is 7.94. The molecule has 2 heterocycles. The number of anilines is 1. The maximum atomic E-state index is 5.86. The molecule has 0 aliphatic carbocycles. The van der Waals surface area contributed by atoms with Crippen LogP contribution in [0.4, 0.5) is 5.82 Å². The summed E-state index contributed by atoms with van der Waals surface area (Å²) in [5.41, 5.74) is 0.647. The van der Waals surface area contributed by atoms with Gasteiger partial charge in [0.2, 0.25) is 0 Å². The van der Waals surface area contributed by atoms with E-state index in [1.54, 1.807) is 32.7 Å². The van der Waals surface area contributed by atoms with Crippen LogP contribution in [0.15, 0.2) is 24.8 Å². The molecule has 2 aromatic rings. The van der Waals surface area contributed by atoms with Crippen molar-refractivity contribution in [1.82, 2.24) is 15.0 Å². The Morgan fingerprint density at radius 3 is 2.71 bits per heavy atom. The molecule has 0 aliphatic rings. The molecular weight excluding hydrogens is 308 g/mol. The van der Waals surface area contributed by atoms with Gasteiger partial charge in [-0.2, -0.15) is 0 Å². The number of nitrogens with one attached hydrogen (secondary N) is 1. The average Bonchev–Trinajstić information content (AvgIpc) is 2.60. The van der Waals surface area contributed by atoms with E-state index in [4.69, 9.17) is 14.2 Å². The number of pyridine rings is 1. The van der Waals surface area contributed by atoms with Crippen molar-refractivity contribution in [3.8, 4) is 17.2 Å². The molecule has 0 unspecified atom stereocenters. The highest BCUT2D eigenvalue weighted by Gasteiger charge is 2.14. The molecule has 130 valence electrons. The van der Waals surface area contributed by atoms with E-state index in [-0.39, 0.29) is 6.61 Å². The molecule has 0 aromatic carbocycles. The third kappa shape index (κ3) is 4.47. The van der Waals surface area contributed by atoms with Crippen molar-refractivity contribution in [2.45, 2.75) is 39.3 Å². The van der Waals surface area contributed by atoms with E-state index in [1.807, 2.05) is 0 Å². The number of ether oxygens (including phenoxy) is 3. The van der Waals surface area contributed by atoms with Crippen molar-refractivity contribution in [3.05, 3.63) is 30.5 Å². The lowest BCUT2D eigenvalue weighted by molar-refractivity contribution is 0.284. The Morgan fingerprint density at radius 1 is 1.17 bits per heavy atom. The second-order valence-corrected chi connectivity index (χ2v) is 5.35. The lowest BCUT2D eigenvalue weighted by Gasteiger charge is -2.17. The second kappa shape index (κ2) is 8.90. The van der Waals surface area contributed by atoms with E-state index in [9.17, 15) is 0 Å². The highest BCUT2D eigenvalue weighted by molar-refractivity contribution is 5.49. The van der Waals surface area contributed by atoms with E-state index in [0.717, 1.165) is 12.8 Å². The predicted molar refractivity (Wildman–Crippen MR) is 91.7 cm³/mol. The van der Waals surface area contributed by atoms with Crippen molar-refractivity contribution >= 4 is 5.82 Å². The van der Waals surface area contributed by atoms with Gasteiger partial charge in [0.1, 0.15) is 18.6 Å². The van der Waals surface area contributed by atoms with Crippen molar-refractivity contribution < 1.29 is 14.2 Å². The van der Waals surface area contributed by atoms with Gasteiger partial charge in [0.15, 0.2) is 23.1 Å². The van der Waals surface area contributed by atoms with E-state index >= 15 is 0 Å². The molecule has 0 saturated carbocycles. The molecule has 1 atom stereocenters. The van der Waals surface area contributed by atoms with E-state index in [2.05, 4.69) is 34.1 Å². The number of aromatic nitrogens is 3. The fourth-order valence-corrected chi connectivity index (χ4v) is 2.37. The van der Waals surface area contributed by atoms with Crippen LogP contribution in [0.25, 0.3) is 0 Å². The van der Waals surface area contributed by atoms with Crippen molar-refractivity contribution in [1.29, 1.82) is 0 Å². The molecule has 0 radical (unpaired) electrons. The fourth-order valence-electron chi connectivity index (χ4n) is 2.37. The minimum atomic E-state index is 0.227. The number of hydrogen-bond donors (Lipinski definition) is 1. The van der Waals surface area contributed by atoms with Gasteiger partial charge in [0.25, 0.3) is 0 Å². The predicted octanol–water partition coefficient (Wildman–Crippen LogP) is 3.07. The van der Waals surface area contributed by atoms with Gasteiger partial charge in [0, 0.05) is 18.3 Å². The van der Waals surface area contributed by atoms with Crippen molar-refractivity contribution in [2.75, 3.05) is 19.5 Å². The third-order valence-corrected chi connectivity index (χ3v) is 3.51. The molecule has 0 fully saturated rings. The maximum Gasteiger partial charge on any atom is 0.185 e. The molecule has 0 bridgehead atoms. The van der Waals surface area contributed by atoms with Crippen molar-refractivity contribution in [2.24, 2.45) is 0 Å². The lowest BCUT2D eigenvalue weighted by Crippen LogP contribution is -2.16. The first-order chi connectivity index (χ1) is 11.7. The van der Waals surface area contributed by atoms with Crippen LogP contribution in [-0.4, -0.2) is 35.2 Å². The molecule has 0 saturated heterocycles. The zero-order valence-corrected chi connectivity index (χ0v) is 14.6. The molecule has 2 rings (SSSR count). The van der Waals surface area contributed by atoms with Crippen molar-refractivity contribution in [3.63, 3.8) is 0 Å². The van der Waals surface area contributed by atoms with Crippen LogP contribution >= 0.6 is 0 Å². The van der Waals surface area contributed by atoms with Crippen LogP contribution < -0.4 is 19.5 Å². The van der Waals surface area contributed by atoms with Crippen LogP contribution in [0.5, 0.6) is 17.2 Å². The monoisotopic (exact) mass is 332 g/mol. The quantitative estimate of drug-likeness (QED) is 0.756. The van der Waals surface area contributed by atoms with E-state index in [0.29, 0.717) is 34.8 Å². The summed E-state index contributed by atoms with van der Waals surface area (Å²) < 4.78 is 16.5. The summed E-state index contributed by atoms with van der Waals surface area (Å²) in [6, 6.07) is 2.05. The molecule has 1 N–H and O–H groups in total. The molecule has 7 nitrogen and oxygen atoms in total. The van der Waals surface area contributed by atoms with Crippen LogP contribution in [0.2, 0.25) is 0 Å². The Kier molecular flexibility index (Phi) is 6.60. The Hall–Kier alpha value is -2.57. The van der Waals surface area contributed by atoms with Crippen LogP contribution in [-0.2, 0) is 6.61 Å². The highest BCUT2D eigenvalue weighted by Crippen LogP contribution is 2.30. The summed E-state index contributed by atoms with van der Waals surface area (Å²) in [5.74, 6) is 2.43. The Bertz CT molecular complexity index is 651. The smallest absolute Gasteiger partial charge is 0.185 e. The molecule has 0 spiro atoms. The van der Waals surface area contributed by atoms with Gasteiger partial charge in [0.05, 0.1) is 20.4 Å². The third-order valence-electron chi connectivity index (χ3n) is 3.51. The summed E-state index contributed by atoms with van der Waals surface area (Å²) in [5, 5.41) is 3.35. The van der Waals surface area contributed by atoms with Crippen LogP contribution in [0.3, 0.4) is 0 Å². The Morgan fingerprint density at radius 2 is 2.00 bits per heavy atom. The minimum absolute atomic E-state index is 0.227. The van der Waals surface area contributed by atoms with Gasteiger partial charge in [-0.25, -0.2) is 9.97 Å². The number of hydrogen-bond acceptors (Lipinski definition) is 7. The highest BCUT2D eigenvalue weighted by atomic mass is 16.5. The van der Waals surface area contributed by atoms with E-state index < -0.39 is 0 Å². The van der Waals surface area contributed by atoms with Gasteiger partial charge in [-0.05, 0) is 13.3 Å². The second-order valence-electron chi connectivity index (χ2n) is 5.35. The lowest BCUT2D eigenvalue weighted by atomic mass is 10.2. The normalized spacial score (nSPS) is 11.7. The maximum absolute atomic E-state index is 5.86. The van der Waals surface area contributed by atoms with Gasteiger partial charge >= 0.3 is 0 Å². The summed E-state index contributed by atoms with van der Waals surface area (Å²) in [4.78, 5) is 12.6. The first-order valence-electron chi connectivity index (χ1n) is 7.94. The zero-order chi connectivity index (χ0) is 17.4. The number of rotatable bonds is 9. The summed E-state index contributed by atoms with van der Waals surface area (Å²) >= 11 is 0. The van der Waals surface area contributed by atoms with Gasteiger partial charge in [-0.1, -0.05) is 13.3 Å². The zero-order valence-electron chi connectivity index (χ0n) is 14.6. The van der Waals surface area contributed by atoms with Gasteiger partial charge < -0.3 is 19.5 Å². The largest absolute Gasteiger partial charge is 0.493 e. The summed E-state index contributed by atoms with van der Waals surface area (Å²) in [6.07, 6.45) is 6.94. The molecular formula is C17H24N4O3. The molecule has 0 amide bonds.